The third kappa shape index (κ3) is 11.2. The van der Waals surface area contributed by atoms with Gasteiger partial charge in [-0.3, -0.25) is 9.59 Å². The summed E-state index contributed by atoms with van der Waals surface area (Å²) in [6, 6.07) is 0. The van der Waals surface area contributed by atoms with E-state index in [2.05, 4.69) is 17.9 Å². The Balaban J connectivity index is 3.73. The number of aliphatic hydroxyl groups is 1. The normalized spacial score (nSPS) is 10.7. The Morgan fingerprint density at radius 1 is 1.21 bits per heavy atom. The minimum Gasteiger partial charge on any atom is -0.435 e. The summed E-state index contributed by atoms with van der Waals surface area (Å²) in [7, 11) is 0. The molecule has 19 heavy (non-hydrogen) atoms. The highest BCUT2D eigenvalue weighted by Gasteiger charge is 2.17. The molecule has 0 aromatic heterocycles. The van der Waals surface area contributed by atoms with Crippen LogP contribution in [0, 0.1) is 0 Å². The molecule has 108 valence electrons. The minimum atomic E-state index is -0.953. The Labute approximate surface area is 113 Å². The first-order valence-electron chi connectivity index (χ1n) is 6.16. The lowest BCUT2D eigenvalue weighted by atomic mass is 10.1. The Hall–Kier alpha value is -1.62. The lowest BCUT2D eigenvalue weighted by Gasteiger charge is -2.17. The summed E-state index contributed by atoms with van der Waals surface area (Å²) < 4.78 is 9.49. The molecular weight excluding hydrogens is 248 g/mol. The molecule has 0 aliphatic heterocycles. The highest BCUT2D eigenvalue weighted by molar-refractivity contribution is 5.71. The number of carbonyl (C=O) groups is 2. The van der Waals surface area contributed by atoms with Crippen LogP contribution in [0.25, 0.3) is 0 Å². The number of ether oxygens (including phenoxy) is 2. The van der Waals surface area contributed by atoms with Crippen molar-refractivity contribution in [3.8, 4) is 0 Å². The molecule has 0 atom stereocenters. The van der Waals surface area contributed by atoms with Crippen molar-refractivity contribution in [2.45, 2.75) is 51.6 Å². The van der Waals surface area contributed by atoms with Crippen LogP contribution >= 0.6 is 0 Å². The fourth-order valence-electron chi connectivity index (χ4n) is 1.42. The zero-order valence-electron chi connectivity index (χ0n) is 11.6. The van der Waals surface area contributed by atoms with E-state index >= 15 is 0 Å². The molecule has 0 saturated heterocycles. The summed E-state index contributed by atoms with van der Waals surface area (Å²) in [6.45, 7) is 10.1. The van der Waals surface area contributed by atoms with E-state index in [0.717, 1.165) is 6.26 Å². The van der Waals surface area contributed by atoms with Crippen molar-refractivity contribution in [1.82, 2.24) is 0 Å². The molecule has 1 N–H and O–H groups in total. The number of rotatable bonds is 9. The van der Waals surface area contributed by atoms with Crippen molar-refractivity contribution < 1.29 is 24.2 Å². The number of hydrogen-bond acceptors (Lipinski definition) is 5. The van der Waals surface area contributed by atoms with Gasteiger partial charge in [0.2, 0.25) is 0 Å². The van der Waals surface area contributed by atoms with Crippen molar-refractivity contribution in [3.05, 3.63) is 25.2 Å². The fourth-order valence-corrected chi connectivity index (χ4v) is 1.42. The van der Waals surface area contributed by atoms with Crippen LogP contribution in [-0.4, -0.2) is 22.6 Å². The molecule has 0 aliphatic carbocycles. The van der Waals surface area contributed by atoms with E-state index in [1.807, 2.05) is 0 Å². The smallest absolute Gasteiger partial charge is 0.310 e. The van der Waals surface area contributed by atoms with Gasteiger partial charge in [-0.2, -0.15) is 0 Å². The van der Waals surface area contributed by atoms with Gasteiger partial charge in [0.05, 0.1) is 11.9 Å². The quantitative estimate of drug-likeness (QED) is 0.396. The SMILES string of the molecule is C=COC(=O)CCCCC(=O)OC(=C)CC(C)(C)O. The monoisotopic (exact) mass is 270 g/mol. The molecule has 0 fully saturated rings. The predicted molar refractivity (Wildman–Crippen MR) is 70.9 cm³/mol. The van der Waals surface area contributed by atoms with Crippen LogP contribution in [0.1, 0.15) is 46.0 Å². The lowest BCUT2D eigenvalue weighted by Crippen LogP contribution is -2.20. The molecule has 0 heterocycles. The third-order valence-electron chi connectivity index (χ3n) is 2.11. The summed E-state index contributed by atoms with van der Waals surface area (Å²) in [5.74, 6) is -0.537. The minimum absolute atomic E-state index is 0.199. The van der Waals surface area contributed by atoms with E-state index in [-0.39, 0.29) is 31.0 Å². The van der Waals surface area contributed by atoms with E-state index in [4.69, 9.17) is 4.74 Å². The van der Waals surface area contributed by atoms with Crippen LogP contribution in [0.15, 0.2) is 25.2 Å². The maximum atomic E-state index is 11.4. The second-order valence-electron chi connectivity index (χ2n) is 4.87. The van der Waals surface area contributed by atoms with Crippen molar-refractivity contribution in [2.24, 2.45) is 0 Å². The van der Waals surface area contributed by atoms with Crippen LogP contribution in [0.5, 0.6) is 0 Å². The molecular formula is C14H22O5. The summed E-state index contributed by atoms with van der Waals surface area (Å²) >= 11 is 0. The first-order valence-corrected chi connectivity index (χ1v) is 6.16. The predicted octanol–water partition coefficient (Wildman–Crippen LogP) is 2.45. The molecule has 5 nitrogen and oxygen atoms in total. The molecule has 0 spiro atoms. The van der Waals surface area contributed by atoms with Gasteiger partial charge in [0.15, 0.2) is 0 Å². The first kappa shape index (κ1) is 17.4. The first-order chi connectivity index (χ1) is 8.74. The van der Waals surface area contributed by atoms with Crippen molar-refractivity contribution in [2.75, 3.05) is 0 Å². The molecule has 0 unspecified atom stereocenters. The summed E-state index contributed by atoms with van der Waals surface area (Å²) in [4.78, 5) is 22.4. The van der Waals surface area contributed by atoms with E-state index in [9.17, 15) is 14.7 Å². The van der Waals surface area contributed by atoms with Gasteiger partial charge < -0.3 is 14.6 Å². The highest BCUT2D eigenvalue weighted by Crippen LogP contribution is 2.15. The van der Waals surface area contributed by atoms with Crippen LogP contribution in [0.4, 0.5) is 0 Å². The van der Waals surface area contributed by atoms with Gasteiger partial charge in [-0.1, -0.05) is 13.2 Å². The van der Waals surface area contributed by atoms with E-state index in [1.165, 1.54) is 0 Å². The van der Waals surface area contributed by atoms with E-state index in [1.54, 1.807) is 13.8 Å². The summed E-state index contributed by atoms with van der Waals surface area (Å²) in [5, 5.41) is 9.52. The molecule has 0 aliphatic rings. The Morgan fingerprint density at radius 2 is 1.74 bits per heavy atom. The third-order valence-corrected chi connectivity index (χ3v) is 2.11. The molecule has 0 radical (unpaired) electrons. The van der Waals surface area contributed by atoms with Crippen LogP contribution < -0.4 is 0 Å². The van der Waals surface area contributed by atoms with Crippen LogP contribution in [0.2, 0.25) is 0 Å². The van der Waals surface area contributed by atoms with Crippen molar-refractivity contribution >= 4 is 11.9 Å². The summed E-state index contributed by atoms with van der Waals surface area (Å²) in [5.41, 5.74) is -0.953. The van der Waals surface area contributed by atoms with Gasteiger partial charge >= 0.3 is 11.9 Å². The number of hydrogen-bond donors (Lipinski definition) is 1. The van der Waals surface area contributed by atoms with Gasteiger partial charge in [0.1, 0.15) is 5.76 Å². The fraction of sp³-hybridized carbons (Fsp3) is 0.571. The maximum absolute atomic E-state index is 11.4. The lowest BCUT2D eigenvalue weighted by molar-refractivity contribution is -0.141. The maximum Gasteiger partial charge on any atom is 0.310 e. The average Bonchev–Trinajstić information content (AvgIpc) is 2.21. The molecule has 0 rings (SSSR count). The molecule has 5 heteroatoms. The largest absolute Gasteiger partial charge is 0.435 e. The van der Waals surface area contributed by atoms with Crippen molar-refractivity contribution in [1.29, 1.82) is 0 Å². The zero-order chi connectivity index (χ0) is 14.9. The van der Waals surface area contributed by atoms with E-state index in [0.29, 0.717) is 12.8 Å². The second-order valence-corrected chi connectivity index (χ2v) is 4.87. The van der Waals surface area contributed by atoms with Gasteiger partial charge in [-0.25, -0.2) is 0 Å². The van der Waals surface area contributed by atoms with E-state index < -0.39 is 11.6 Å². The standard InChI is InChI=1S/C14H22O5/c1-5-18-12(15)8-6-7-9-13(16)19-11(2)10-14(3,4)17/h5,17H,1-2,6-10H2,3-4H3. The molecule has 0 amide bonds. The van der Waals surface area contributed by atoms with Crippen LogP contribution in [0.3, 0.4) is 0 Å². The molecule has 0 aromatic carbocycles. The van der Waals surface area contributed by atoms with Gasteiger partial charge in [-0.15, -0.1) is 0 Å². The topological polar surface area (TPSA) is 72.8 Å². The second kappa shape index (κ2) is 8.48. The average molecular weight is 270 g/mol. The summed E-state index contributed by atoms with van der Waals surface area (Å²) in [6.07, 6.45) is 2.79. The van der Waals surface area contributed by atoms with Gasteiger partial charge in [0.25, 0.3) is 0 Å². The van der Waals surface area contributed by atoms with Crippen LogP contribution in [-0.2, 0) is 19.1 Å². The molecule has 0 aromatic rings. The van der Waals surface area contributed by atoms with Gasteiger partial charge in [0, 0.05) is 19.3 Å². The Morgan fingerprint density at radius 3 is 2.21 bits per heavy atom. The Kier molecular flexibility index (Phi) is 7.75. The number of esters is 2. The number of unbranched alkanes of at least 4 members (excludes halogenated alkanes) is 1. The molecule has 0 bridgehead atoms. The zero-order valence-corrected chi connectivity index (χ0v) is 11.6. The van der Waals surface area contributed by atoms with Gasteiger partial charge in [-0.05, 0) is 26.7 Å². The van der Waals surface area contributed by atoms with Crippen molar-refractivity contribution in [3.63, 3.8) is 0 Å². The molecule has 0 saturated carbocycles. The Bertz CT molecular complexity index is 338. The highest BCUT2D eigenvalue weighted by atomic mass is 16.5. The number of carbonyl (C=O) groups excluding carboxylic acids is 2.